The molecule has 0 aliphatic heterocycles. The Morgan fingerprint density at radius 2 is 0.857 bits per heavy atom. The normalized spacial score (nSPS) is 11.6. The van der Waals surface area contributed by atoms with E-state index in [4.69, 9.17) is 19.4 Å². The van der Waals surface area contributed by atoms with E-state index in [1.165, 1.54) is 5.56 Å². The van der Waals surface area contributed by atoms with Gasteiger partial charge in [-0.15, -0.1) is 0 Å². The molecule has 5 heteroatoms. The number of nitrogens with zero attached hydrogens (tertiary/aromatic N) is 4. The molecule has 56 heavy (non-hydrogen) atoms. The highest BCUT2D eigenvalue weighted by Gasteiger charge is 2.19. The van der Waals surface area contributed by atoms with Crippen LogP contribution in [0.4, 0.5) is 0 Å². The molecular weight excluding hydrogens is 685 g/mol. The molecule has 3 aromatic heterocycles. The second-order valence-electron chi connectivity index (χ2n) is 14.0. The van der Waals surface area contributed by atoms with Crippen LogP contribution in [0.2, 0.25) is 0 Å². The number of furan rings is 1. The number of fused-ring (bicyclic) bond motifs is 7. The second kappa shape index (κ2) is 13.0. The van der Waals surface area contributed by atoms with Crippen molar-refractivity contribution in [2.75, 3.05) is 0 Å². The van der Waals surface area contributed by atoms with Crippen LogP contribution in [0.25, 0.3) is 106 Å². The first kappa shape index (κ1) is 31.9. The summed E-state index contributed by atoms with van der Waals surface area (Å²) < 4.78 is 8.84. The van der Waals surface area contributed by atoms with E-state index in [2.05, 4.69) is 174 Å². The highest BCUT2D eigenvalue weighted by molar-refractivity contribution is 6.23. The molecule has 0 unspecified atom stereocenters. The molecule has 0 N–H and O–H groups in total. The molecule has 0 atom stereocenters. The summed E-state index contributed by atoms with van der Waals surface area (Å²) in [7, 11) is 0. The van der Waals surface area contributed by atoms with Gasteiger partial charge in [0.05, 0.1) is 16.4 Å². The van der Waals surface area contributed by atoms with Crippen LogP contribution in [0.5, 0.6) is 0 Å². The summed E-state index contributed by atoms with van der Waals surface area (Å²) >= 11 is 0. The average molecular weight is 717 g/mol. The number of aromatic nitrogens is 4. The molecule has 0 saturated heterocycles. The maximum absolute atomic E-state index is 6.52. The number of rotatable bonds is 6. The Kier molecular flexibility index (Phi) is 7.42. The molecular formula is C51H32N4O. The third-order valence-electron chi connectivity index (χ3n) is 10.7. The Morgan fingerprint density at radius 3 is 1.57 bits per heavy atom. The molecule has 0 fully saturated rings. The van der Waals surface area contributed by atoms with E-state index in [-0.39, 0.29) is 0 Å². The van der Waals surface area contributed by atoms with Crippen molar-refractivity contribution in [3.63, 3.8) is 0 Å². The van der Waals surface area contributed by atoms with Gasteiger partial charge in [-0.1, -0.05) is 140 Å². The van der Waals surface area contributed by atoms with E-state index in [0.29, 0.717) is 17.5 Å². The lowest BCUT2D eigenvalue weighted by molar-refractivity contribution is 0.673. The molecule has 262 valence electrons. The second-order valence-corrected chi connectivity index (χ2v) is 14.0. The van der Waals surface area contributed by atoms with Crippen molar-refractivity contribution in [1.29, 1.82) is 0 Å². The Bertz CT molecular complexity index is 3220. The smallest absolute Gasteiger partial charge is 0.164 e. The Morgan fingerprint density at radius 1 is 0.339 bits per heavy atom. The summed E-state index contributed by atoms with van der Waals surface area (Å²) in [5.41, 5.74) is 12.4. The standard InChI is InChI=1S/C51H32N4O/c1-3-12-33(13-4-1)35-22-24-36(25-23-35)49-52-50(54-51(53-49)39-17-11-16-38(32-39)34-14-5-2-6-15-34)37-26-28-40(29-27-37)55-44-20-9-7-19-43(44)47-45(55)31-30-42-41-18-8-10-21-46(41)56-48(42)47/h1-32H. The van der Waals surface area contributed by atoms with E-state index in [9.17, 15) is 0 Å². The monoisotopic (exact) mass is 716 g/mol. The Labute approximate surface area is 322 Å². The lowest BCUT2D eigenvalue weighted by Crippen LogP contribution is -2.01. The maximum atomic E-state index is 6.52. The van der Waals surface area contributed by atoms with E-state index in [1.807, 2.05) is 24.3 Å². The summed E-state index contributed by atoms with van der Waals surface area (Å²) in [5, 5.41) is 4.51. The van der Waals surface area contributed by atoms with Crippen LogP contribution in [0.3, 0.4) is 0 Å². The van der Waals surface area contributed by atoms with Gasteiger partial charge in [0, 0.05) is 38.5 Å². The largest absolute Gasteiger partial charge is 0.455 e. The van der Waals surface area contributed by atoms with Crippen molar-refractivity contribution in [2.24, 2.45) is 0 Å². The SMILES string of the molecule is c1ccc(-c2ccc(-c3nc(-c4ccc(-n5c6ccccc6c6c7oc8ccccc8c7ccc65)cc4)nc(-c4cccc(-c5ccccc5)c4)n3)cc2)cc1. The molecule has 5 nitrogen and oxygen atoms in total. The average Bonchev–Trinajstić information content (AvgIpc) is 3.83. The first-order valence-corrected chi connectivity index (χ1v) is 18.8. The van der Waals surface area contributed by atoms with Gasteiger partial charge in [0.25, 0.3) is 0 Å². The van der Waals surface area contributed by atoms with Crippen LogP contribution in [0.15, 0.2) is 199 Å². The lowest BCUT2D eigenvalue weighted by atomic mass is 10.0. The van der Waals surface area contributed by atoms with Crippen LogP contribution in [-0.4, -0.2) is 19.5 Å². The molecule has 0 aliphatic rings. The highest BCUT2D eigenvalue weighted by Crippen LogP contribution is 2.40. The van der Waals surface area contributed by atoms with Gasteiger partial charge in [0.15, 0.2) is 17.5 Å². The summed E-state index contributed by atoms with van der Waals surface area (Å²) in [6, 6.07) is 67.3. The fourth-order valence-corrected chi connectivity index (χ4v) is 7.95. The van der Waals surface area contributed by atoms with Crippen LogP contribution < -0.4 is 0 Å². The minimum absolute atomic E-state index is 0.611. The number of benzene rings is 8. The van der Waals surface area contributed by atoms with Crippen LogP contribution in [-0.2, 0) is 0 Å². The van der Waals surface area contributed by atoms with Gasteiger partial charge < -0.3 is 8.98 Å². The minimum atomic E-state index is 0.611. The molecule has 11 aromatic rings. The summed E-state index contributed by atoms with van der Waals surface area (Å²) in [5.74, 6) is 1.85. The van der Waals surface area contributed by atoms with Crippen molar-refractivity contribution >= 4 is 43.7 Å². The topological polar surface area (TPSA) is 56.7 Å². The van der Waals surface area contributed by atoms with Crippen molar-refractivity contribution in [2.45, 2.75) is 0 Å². The fraction of sp³-hybridized carbons (Fsp3) is 0. The van der Waals surface area contributed by atoms with E-state index < -0.39 is 0 Å². The summed E-state index contributed by atoms with van der Waals surface area (Å²) in [6.45, 7) is 0. The quantitative estimate of drug-likeness (QED) is 0.172. The first-order valence-electron chi connectivity index (χ1n) is 18.8. The Hall–Kier alpha value is -7.63. The number of para-hydroxylation sites is 2. The number of hydrogen-bond donors (Lipinski definition) is 0. The molecule has 0 aliphatic carbocycles. The van der Waals surface area contributed by atoms with Crippen molar-refractivity contribution in [1.82, 2.24) is 19.5 Å². The fourth-order valence-electron chi connectivity index (χ4n) is 7.95. The van der Waals surface area contributed by atoms with Crippen LogP contribution in [0, 0.1) is 0 Å². The van der Waals surface area contributed by atoms with Crippen molar-refractivity contribution in [3.05, 3.63) is 194 Å². The molecule has 0 saturated carbocycles. The van der Waals surface area contributed by atoms with Gasteiger partial charge in [-0.25, -0.2) is 15.0 Å². The third-order valence-corrected chi connectivity index (χ3v) is 10.7. The lowest BCUT2D eigenvalue weighted by Gasteiger charge is -2.11. The van der Waals surface area contributed by atoms with Crippen LogP contribution >= 0.6 is 0 Å². The molecule has 0 amide bonds. The van der Waals surface area contributed by atoms with Gasteiger partial charge in [-0.3, -0.25) is 0 Å². The summed E-state index contributed by atoms with van der Waals surface area (Å²) in [4.78, 5) is 15.3. The number of hydrogen-bond acceptors (Lipinski definition) is 4. The van der Waals surface area contributed by atoms with E-state index in [1.54, 1.807) is 0 Å². The first-order chi connectivity index (χ1) is 27.7. The predicted molar refractivity (Wildman–Crippen MR) is 229 cm³/mol. The van der Waals surface area contributed by atoms with Gasteiger partial charge in [0.2, 0.25) is 0 Å². The highest BCUT2D eigenvalue weighted by atomic mass is 16.3. The third kappa shape index (κ3) is 5.37. The van der Waals surface area contributed by atoms with Gasteiger partial charge in [-0.2, -0.15) is 0 Å². The zero-order valence-electron chi connectivity index (χ0n) is 30.2. The molecule has 0 bridgehead atoms. The molecule has 0 spiro atoms. The predicted octanol–water partition coefficient (Wildman–Crippen LogP) is 13.2. The van der Waals surface area contributed by atoms with Crippen molar-refractivity contribution in [3.8, 4) is 62.1 Å². The summed E-state index contributed by atoms with van der Waals surface area (Å²) in [6.07, 6.45) is 0. The zero-order valence-corrected chi connectivity index (χ0v) is 30.2. The van der Waals surface area contributed by atoms with Gasteiger partial charge >= 0.3 is 0 Å². The van der Waals surface area contributed by atoms with Gasteiger partial charge in [-0.05, 0) is 76.9 Å². The van der Waals surface area contributed by atoms with Crippen molar-refractivity contribution < 1.29 is 4.42 Å². The minimum Gasteiger partial charge on any atom is -0.455 e. The van der Waals surface area contributed by atoms with Crippen LogP contribution in [0.1, 0.15) is 0 Å². The molecule has 8 aromatic carbocycles. The van der Waals surface area contributed by atoms with E-state index in [0.717, 1.165) is 82.8 Å². The Balaban J connectivity index is 1.04. The zero-order chi connectivity index (χ0) is 37.0. The maximum Gasteiger partial charge on any atom is 0.164 e. The molecule has 3 heterocycles. The molecule has 0 radical (unpaired) electrons. The van der Waals surface area contributed by atoms with Gasteiger partial charge in [0.1, 0.15) is 11.2 Å². The van der Waals surface area contributed by atoms with E-state index >= 15 is 0 Å². The molecule has 11 rings (SSSR count).